The molecule has 0 fully saturated rings. The fourth-order valence-electron chi connectivity index (χ4n) is 1.21. The molecule has 0 aromatic carbocycles. The van der Waals surface area contributed by atoms with Crippen LogP contribution >= 0.6 is 0 Å². The molecule has 1 rings (SSSR count). The summed E-state index contributed by atoms with van der Waals surface area (Å²) < 4.78 is 0. The first-order valence-electron chi connectivity index (χ1n) is 5.75. The van der Waals surface area contributed by atoms with Crippen LogP contribution in [0.3, 0.4) is 0 Å². The molecular weight excluding hydrogens is 248 g/mol. The van der Waals surface area contributed by atoms with E-state index in [2.05, 4.69) is 20.9 Å². The lowest BCUT2D eigenvalue weighted by atomic mass is 10.3. The fraction of sp³-hybridized carbons (Fsp3) is 0.333. The summed E-state index contributed by atoms with van der Waals surface area (Å²) in [6.45, 7) is 3.70. The zero-order valence-electron chi connectivity index (χ0n) is 10.8. The first-order chi connectivity index (χ1) is 8.99. The van der Waals surface area contributed by atoms with Gasteiger partial charge in [-0.25, -0.2) is 4.98 Å². The summed E-state index contributed by atoms with van der Waals surface area (Å²) in [5.41, 5.74) is 0.956. The van der Waals surface area contributed by atoms with Gasteiger partial charge in [0.25, 0.3) is 0 Å². The quantitative estimate of drug-likeness (QED) is 0.508. The Bertz CT molecular complexity index is 470. The van der Waals surface area contributed by atoms with Crippen LogP contribution in [0.15, 0.2) is 18.3 Å². The van der Waals surface area contributed by atoms with Crippen LogP contribution < -0.4 is 16.0 Å². The van der Waals surface area contributed by atoms with E-state index in [4.69, 9.17) is 0 Å². The Kier molecular flexibility index (Phi) is 5.46. The summed E-state index contributed by atoms with van der Waals surface area (Å²) in [6.07, 6.45) is 1.59. The highest BCUT2D eigenvalue weighted by atomic mass is 16.2. The van der Waals surface area contributed by atoms with Crippen molar-refractivity contribution in [3.63, 3.8) is 0 Å². The molecule has 1 aromatic heterocycles. The van der Waals surface area contributed by atoms with E-state index in [9.17, 15) is 14.4 Å². The number of pyridine rings is 1. The maximum atomic E-state index is 11.5. The number of amides is 3. The van der Waals surface area contributed by atoms with E-state index >= 15 is 0 Å². The van der Waals surface area contributed by atoms with Gasteiger partial charge in [-0.1, -0.05) is 6.07 Å². The third-order valence-corrected chi connectivity index (χ3v) is 2.14. The molecule has 0 aliphatic heterocycles. The lowest BCUT2D eigenvalue weighted by molar-refractivity contribution is -0.136. The van der Waals surface area contributed by atoms with E-state index < -0.39 is 11.8 Å². The summed E-state index contributed by atoms with van der Waals surface area (Å²) in [4.78, 5) is 37.4. The molecule has 1 heterocycles. The second-order valence-electron chi connectivity index (χ2n) is 3.91. The van der Waals surface area contributed by atoms with Crippen LogP contribution in [0.25, 0.3) is 0 Å². The van der Waals surface area contributed by atoms with Crippen molar-refractivity contribution >= 4 is 23.5 Å². The maximum Gasteiger partial charge on any atom is 0.314 e. The molecular formula is C12H16N4O3. The largest absolute Gasteiger partial charge is 0.355 e. The number of nitrogens with zero attached hydrogens (tertiary/aromatic N) is 1. The predicted octanol–water partition coefficient (Wildman–Crippen LogP) is -0.419. The highest BCUT2D eigenvalue weighted by molar-refractivity contribution is 6.39. The molecule has 7 nitrogen and oxygen atoms in total. The van der Waals surface area contributed by atoms with E-state index in [1.807, 2.05) is 6.92 Å². The van der Waals surface area contributed by atoms with E-state index in [1.54, 1.807) is 18.3 Å². The smallest absolute Gasteiger partial charge is 0.314 e. The number of hydrogen-bond acceptors (Lipinski definition) is 4. The lowest BCUT2D eigenvalue weighted by Crippen LogP contribution is -2.39. The first-order valence-corrected chi connectivity index (χ1v) is 5.75. The fourth-order valence-corrected chi connectivity index (χ4v) is 1.21. The van der Waals surface area contributed by atoms with Crippen LogP contribution in [0.2, 0.25) is 0 Å². The van der Waals surface area contributed by atoms with E-state index in [0.29, 0.717) is 5.82 Å². The summed E-state index contributed by atoms with van der Waals surface area (Å²) in [5, 5.41) is 7.24. The summed E-state index contributed by atoms with van der Waals surface area (Å²) in [5.74, 6) is -1.44. The van der Waals surface area contributed by atoms with Gasteiger partial charge in [-0.15, -0.1) is 0 Å². The molecule has 0 aliphatic carbocycles. The molecule has 3 N–H and O–H groups in total. The first kappa shape index (κ1) is 14.6. The van der Waals surface area contributed by atoms with Gasteiger partial charge >= 0.3 is 11.8 Å². The standard InChI is InChI=1S/C12H16N4O3/c1-8-3-4-10(15-7-8)16-12(19)11(18)14-6-5-13-9(2)17/h3-4,7H,5-6H2,1-2H3,(H,13,17)(H,14,18)(H,15,16,19). The number of aromatic nitrogens is 1. The van der Waals surface area contributed by atoms with Crippen molar-refractivity contribution in [3.8, 4) is 0 Å². The zero-order valence-corrected chi connectivity index (χ0v) is 10.8. The third-order valence-electron chi connectivity index (χ3n) is 2.14. The zero-order chi connectivity index (χ0) is 14.3. The van der Waals surface area contributed by atoms with Gasteiger partial charge < -0.3 is 16.0 Å². The Balaban J connectivity index is 2.34. The minimum absolute atomic E-state index is 0.188. The van der Waals surface area contributed by atoms with Crippen molar-refractivity contribution < 1.29 is 14.4 Å². The van der Waals surface area contributed by atoms with Gasteiger partial charge in [0.1, 0.15) is 5.82 Å². The molecule has 7 heteroatoms. The van der Waals surface area contributed by atoms with Gasteiger partial charge in [0, 0.05) is 26.2 Å². The average Bonchev–Trinajstić information content (AvgIpc) is 2.36. The SMILES string of the molecule is CC(=O)NCCNC(=O)C(=O)Nc1ccc(C)cn1. The number of hydrogen-bond donors (Lipinski definition) is 3. The van der Waals surface area contributed by atoms with E-state index in [1.165, 1.54) is 6.92 Å². The number of carbonyl (C=O) groups excluding carboxylic acids is 3. The Morgan fingerprint density at radius 1 is 1.11 bits per heavy atom. The second kappa shape index (κ2) is 7.10. The number of nitrogens with one attached hydrogen (secondary N) is 3. The average molecular weight is 264 g/mol. The van der Waals surface area contributed by atoms with Crippen molar-refractivity contribution in [2.75, 3.05) is 18.4 Å². The number of rotatable bonds is 4. The molecule has 0 unspecified atom stereocenters. The van der Waals surface area contributed by atoms with Crippen LogP contribution in [0, 0.1) is 6.92 Å². The molecule has 0 saturated heterocycles. The van der Waals surface area contributed by atoms with Gasteiger partial charge in [-0.05, 0) is 18.6 Å². The second-order valence-corrected chi connectivity index (χ2v) is 3.91. The van der Waals surface area contributed by atoms with Crippen LogP contribution in [0.4, 0.5) is 5.82 Å². The molecule has 0 spiro atoms. The summed E-state index contributed by atoms with van der Waals surface area (Å²) in [6, 6.07) is 3.38. The van der Waals surface area contributed by atoms with Crippen molar-refractivity contribution in [1.82, 2.24) is 15.6 Å². The van der Waals surface area contributed by atoms with E-state index in [0.717, 1.165) is 5.56 Å². The topological polar surface area (TPSA) is 100 Å². The van der Waals surface area contributed by atoms with Gasteiger partial charge in [0.15, 0.2) is 0 Å². The Morgan fingerprint density at radius 2 is 1.79 bits per heavy atom. The van der Waals surface area contributed by atoms with Crippen molar-refractivity contribution in [2.24, 2.45) is 0 Å². The number of aryl methyl sites for hydroxylation is 1. The minimum Gasteiger partial charge on any atom is -0.355 e. The Morgan fingerprint density at radius 3 is 2.37 bits per heavy atom. The molecule has 0 saturated carbocycles. The molecule has 0 aliphatic rings. The monoisotopic (exact) mass is 264 g/mol. The van der Waals surface area contributed by atoms with Crippen molar-refractivity contribution in [1.29, 1.82) is 0 Å². The number of anilines is 1. The summed E-state index contributed by atoms with van der Waals surface area (Å²) >= 11 is 0. The maximum absolute atomic E-state index is 11.5. The van der Waals surface area contributed by atoms with Crippen LogP contribution in [-0.2, 0) is 14.4 Å². The molecule has 0 atom stereocenters. The normalized spacial score (nSPS) is 9.58. The molecule has 1 aromatic rings. The van der Waals surface area contributed by atoms with Crippen molar-refractivity contribution in [3.05, 3.63) is 23.9 Å². The van der Waals surface area contributed by atoms with Crippen LogP contribution in [0.1, 0.15) is 12.5 Å². The molecule has 3 amide bonds. The van der Waals surface area contributed by atoms with E-state index in [-0.39, 0.29) is 19.0 Å². The highest BCUT2D eigenvalue weighted by Crippen LogP contribution is 2.03. The van der Waals surface area contributed by atoms with Crippen molar-refractivity contribution in [2.45, 2.75) is 13.8 Å². The van der Waals surface area contributed by atoms with Crippen LogP contribution in [-0.4, -0.2) is 35.8 Å². The molecule has 19 heavy (non-hydrogen) atoms. The molecule has 102 valence electrons. The predicted molar refractivity (Wildman–Crippen MR) is 69.3 cm³/mol. The van der Waals surface area contributed by atoms with Gasteiger partial charge in [0.2, 0.25) is 5.91 Å². The molecule has 0 bridgehead atoms. The minimum atomic E-state index is -0.792. The van der Waals surface area contributed by atoms with Gasteiger partial charge in [0.05, 0.1) is 0 Å². The van der Waals surface area contributed by atoms with Crippen LogP contribution in [0.5, 0.6) is 0 Å². The third kappa shape index (κ3) is 5.62. The Labute approximate surface area is 110 Å². The highest BCUT2D eigenvalue weighted by Gasteiger charge is 2.13. The lowest BCUT2D eigenvalue weighted by Gasteiger charge is -2.06. The van der Waals surface area contributed by atoms with Gasteiger partial charge in [-0.3, -0.25) is 14.4 Å². The van der Waals surface area contributed by atoms with Gasteiger partial charge in [-0.2, -0.15) is 0 Å². The summed E-state index contributed by atoms with van der Waals surface area (Å²) in [7, 11) is 0. The molecule has 0 radical (unpaired) electrons. The Hall–Kier alpha value is -2.44. The number of carbonyl (C=O) groups is 3.